The van der Waals surface area contributed by atoms with Gasteiger partial charge in [-0.25, -0.2) is 4.79 Å². The van der Waals surface area contributed by atoms with Gasteiger partial charge in [-0.05, 0) is 22.9 Å². The zero-order valence-corrected chi connectivity index (χ0v) is 6.38. The number of halogens is 1. The molecule has 0 aliphatic rings. The fourth-order valence-electron chi connectivity index (χ4n) is 0.231. The van der Waals surface area contributed by atoms with E-state index in [1.165, 1.54) is 0 Å². The van der Waals surface area contributed by atoms with Gasteiger partial charge in [0.1, 0.15) is 0 Å². The zero-order valence-electron chi connectivity index (χ0n) is 4.80. The number of hydrogen-bond donors (Lipinski definition) is 1. The van der Waals surface area contributed by atoms with Crippen molar-refractivity contribution in [2.24, 2.45) is 5.16 Å². The molecule has 0 aromatic heterocycles. The molecular formula is C4H6BrNO3. The van der Waals surface area contributed by atoms with Gasteiger partial charge in [-0.2, -0.15) is 0 Å². The van der Waals surface area contributed by atoms with Crippen LogP contribution in [0.1, 0.15) is 6.92 Å². The lowest BCUT2D eigenvalue weighted by atomic mass is 10.7. The predicted molar refractivity (Wildman–Crippen MR) is 34.8 cm³/mol. The second kappa shape index (κ2) is 4.31. The fraction of sp³-hybridized carbons (Fsp3) is 0.500. The van der Waals surface area contributed by atoms with Gasteiger partial charge in [0.25, 0.3) is 0 Å². The van der Waals surface area contributed by atoms with Crippen molar-refractivity contribution in [1.29, 1.82) is 0 Å². The summed E-state index contributed by atoms with van der Waals surface area (Å²) in [4.78, 5) is 10.4. The van der Waals surface area contributed by atoms with Crippen LogP contribution in [0.3, 0.4) is 0 Å². The van der Waals surface area contributed by atoms with E-state index in [4.69, 9.17) is 5.21 Å². The summed E-state index contributed by atoms with van der Waals surface area (Å²) in [5.41, 5.74) is 0. The van der Waals surface area contributed by atoms with Crippen LogP contribution in [0.5, 0.6) is 0 Å². The SMILES string of the molecule is CCOC(=O)/C(Br)=N/O. The average molecular weight is 196 g/mol. The summed E-state index contributed by atoms with van der Waals surface area (Å²) in [6.07, 6.45) is 0. The van der Waals surface area contributed by atoms with Crippen LogP contribution in [0.25, 0.3) is 0 Å². The number of ether oxygens (including phenoxy) is 1. The molecule has 0 aliphatic carbocycles. The molecule has 0 aliphatic heterocycles. The van der Waals surface area contributed by atoms with Crippen LogP contribution in [0.4, 0.5) is 0 Å². The molecule has 0 aromatic carbocycles. The van der Waals surface area contributed by atoms with Crippen LogP contribution >= 0.6 is 15.9 Å². The largest absolute Gasteiger partial charge is 0.461 e. The smallest absolute Gasteiger partial charge is 0.367 e. The fourth-order valence-corrected chi connectivity index (χ4v) is 0.346. The van der Waals surface area contributed by atoms with Crippen LogP contribution in [0.2, 0.25) is 0 Å². The Bertz CT molecular complexity index is 134. The summed E-state index contributed by atoms with van der Waals surface area (Å²) < 4.78 is 4.20. The van der Waals surface area contributed by atoms with E-state index in [-0.39, 0.29) is 11.2 Å². The maximum absolute atomic E-state index is 10.4. The minimum atomic E-state index is -0.667. The summed E-state index contributed by atoms with van der Waals surface area (Å²) >= 11 is 2.67. The third-order valence-electron chi connectivity index (χ3n) is 0.532. The molecule has 0 saturated heterocycles. The van der Waals surface area contributed by atoms with Gasteiger partial charge in [0.05, 0.1) is 6.61 Å². The summed E-state index contributed by atoms with van der Waals surface area (Å²) in [6.45, 7) is 1.93. The van der Waals surface area contributed by atoms with Gasteiger partial charge in [-0.15, -0.1) is 0 Å². The summed E-state index contributed by atoms with van der Waals surface area (Å²) in [5, 5.41) is 10.5. The Morgan fingerprint density at radius 2 is 2.44 bits per heavy atom. The highest BCUT2D eigenvalue weighted by Gasteiger charge is 2.07. The molecule has 0 radical (unpaired) electrons. The van der Waals surface area contributed by atoms with E-state index in [1.807, 2.05) is 0 Å². The first kappa shape index (κ1) is 8.42. The number of carbonyl (C=O) groups excluding carboxylic acids is 1. The number of nitrogens with zero attached hydrogens (tertiary/aromatic N) is 1. The molecule has 0 aromatic rings. The zero-order chi connectivity index (χ0) is 7.28. The van der Waals surface area contributed by atoms with E-state index in [9.17, 15) is 4.79 Å². The Hall–Kier alpha value is -0.580. The maximum Gasteiger partial charge on any atom is 0.367 e. The molecule has 0 unspecified atom stereocenters. The molecule has 0 rings (SSSR count). The van der Waals surface area contributed by atoms with Crippen molar-refractivity contribution in [1.82, 2.24) is 0 Å². The van der Waals surface area contributed by atoms with Crippen LogP contribution in [0, 0.1) is 0 Å². The molecule has 4 nitrogen and oxygen atoms in total. The van der Waals surface area contributed by atoms with Crippen molar-refractivity contribution < 1.29 is 14.7 Å². The van der Waals surface area contributed by atoms with Crippen LogP contribution < -0.4 is 0 Å². The minimum absolute atomic E-state index is 0.218. The van der Waals surface area contributed by atoms with E-state index >= 15 is 0 Å². The lowest BCUT2D eigenvalue weighted by molar-refractivity contribution is -0.134. The van der Waals surface area contributed by atoms with Crippen molar-refractivity contribution in [2.45, 2.75) is 6.92 Å². The lowest BCUT2D eigenvalue weighted by Gasteiger charge is -1.94. The van der Waals surface area contributed by atoms with E-state index in [0.29, 0.717) is 0 Å². The topological polar surface area (TPSA) is 58.9 Å². The number of rotatable bonds is 2. The molecule has 5 heteroatoms. The van der Waals surface area contributed by atoms with Crippen molar-refractivity contribution in [3.8, 4) is 0 Å². The van der Waals surface area contributed by atoms with E-state index in [0.717, 1.165) is 0 Å². The molecule has 0 fully saturated rings. The summed E-state index contributed by atoms with van der Waals surface area (Å²) in [5.74, 6) is -0.667. The van der Waals surface area contributed by atoms with Crippen molar-refractivity contribution >= 4 is 26.5 Å². The third-order valence-corrected chi connectivity index (χ3v) is 1.01. The third kappa shape index (κ3) is 3.07. The number of hydrogen-bond acceptors (Lipinski definition) is 4. The highest BCUT2D eigenvalue weighted by molar-refractivity contribution is 9.19. The van der Waals surface area contributed by atoms with Crippen LogP contribution in [-0.4, -0.2) is 22.4 Å². The van der Waals surface area contributed by atoms with Crippen LogP contribution in [-0.2, 0) is 9.53 Å². The maximum atomic E-state index is 10.4. The highest BCUT2D eigenvalue weighted by Crippen LogP contribution is 1.91. The summed E-state index contributed by atoms with van der Waals surface area (Å²) in [6, 6.07) is 0. The van der Waals surface area contributed by atoms with Gasteiger partial charge in [0.15, 0.2) is 0 Å². The molecule has 0 saturated carbocycles. The Balaban J connectivity index is 3.74. The standard InChI is InChI=1S/C4H6BrNO3/c1-2-9-4(7)3(5)6-8/h8H,2H2,1H3/b6-3-. The molecular weight excluding hydrogens is 190 g/mol. The molecule has 0 bridgehead atoms. The quantitative estimate of drug-likeness (QED) is 0.306. The number of carbonyl (C=O) groups is 1. The minimum Gasteiger partial charge on any atom is -0.461 e. The average Bonchev–Trinajstić information content (AvgIpc) is 1.87. The van der Waals surface area contributed by atoms with E-state index in [2.05, 4.69) is 25.8 Å². The molecule has 0 heterocycles. The van der Waals surface area contributed by atoms with Crippen LogP contribution in [0.15, 0.2) is 5.16 Å². The second-order valence-electron chi connectivity index (χ2n) is 1.11. The number of esters is 1. The van der Waals surface area contributed by atoms with Crippen molar-refractivity contribution in [2.75, 3.05) is 6.61 Å². The second-order valence-corrected chi connectivity index (χ2v) is 1.86. The first-order valence-electron chi connectivity index (χ1n) is 2.27. The normalized spacial score (nSPS) is 11.1. The van der Waals surface area contributed by atoms with Gasteiger partial charge in [-0.3, -0.25) is 0 Å². The Morgan fingerprint density at radius 1 is 1.89 bits per heavy atom. The monoisotopic (exact) mass is 195 g/mol. The first-order valence-corrected chi connectivity index (χ1v) is 3.06. The van der Waals surface area contributed by atoms with Crippen molar-refractivity contribution in [3.63, 3.8) is 0 Å². The molecule has 52 valence electrons. The van der Waals surface area contributed by atoms with Gasteiger partial charge in [-0.1, -0.05) is 5.16 Å². The van der Waals surface area contributed by atoms with E-state index in [1.54, 1.807) is 6.92 Å². The molecule has 9 heavy (non-hydrogen) atoms. The molecule has 0 spiro atoms. The van der Waals surface area contributed by atoms with Gasteiger partial charge < -0.3 is 9.94 Å². The Morgan fingerprint density at radius 3 is 2.78 bits per heavy atom. The number of oxime groups is 1. The molecule has 1 N–H and O–H groups in total. The van der Waals surface area contributed by atoms with E-state index < -0.39 is 5.97 Å². The molecule has 0 atom stereocenters. The van der Waals surface area contributed by atoms with Crippen molar-refractivity contribution in [3.05, 3.63) is 0 Å². The predicted octanol–water partition coefficient (Wildman–Crippen LogP) is 0.732. The Kier molecular flexibility index (Phi) is 4.04. The Labute approximate surface area is 60.6 Å². The van der Waals surface area contributed by atoms with Gasteiger partial charge in [0, 0.05) is 0 Å². The highest BCUT2D eigenvalue weighted by atomic mass is 79.9. The first-order chi connectivity index (χ1) is 4.22. The van der Waals surface area contributed by atoms with Gasteiger partial charge in [0.2, 0.25) is 4.62 Å². The lowest BCUT2D eigenvalue weighted by Crippen LogP contribution is -2.11. The summed E-state index contributed by atoms with van der Waals surface area (Å²) in [7, 11) is 0. The van der Waals surface area contributed by atoms with Gasteiger partial charge >= 0.3 is 5.97 Å². The molecule has 0 amide bonds.